The van der Waals surface area contributed by atoms with Gasteiger partial charge < -0.3 is 0 Å². The van der Waals surface area contributed by atoms with E-state index in [0.29, 0.717) is 11.6 Å². The minimum absolute atomic E-state index is 0.473. The minimum Gasteiger partial charge on any atom is -0.236 e. The van der Waals surface area contributed by atoms with Gasteiger partial charge in [-0.05, 0) is 36.6 Å². The van der Waals surface area contributed by atoms with E-state index in [4.69, 9.17) is 5.26 Å². The summed E-state index contributed by atoms with van der Waals surface area (Å²) in [6.07, 6.45) is 1.10. The molecule has 2 heterocycles. The molecule has 0 atom stereocenters. The number of pyridine rings is 1. The summed E-state index contributed by atoms with van der Waals surface area (Å²) in [5, 5.41) is 8.82. The van der Waals surface area contributed by atoms with Crippen LogP contribution in [0.2, 0.25) is 0 Å². The monoisotopic (exact) mass is 242 g/mol. The lowest BCUT2D eigenvalue weighted by Gasteiger charge is -2.00. The van der Waals surface area contributed by atoms with Gasteiger partial charge in [0.15, 0.2) is 0 Å². The van der Waals surface area contributed by atoms with E-state index in [2.05, 4.69) is 37.0 Å². The van der Waals surface area contributed by atoms with Crippen molar-refractivity contribution in [3.05, 3.63) is 40.9 Å². The third-order valence-corrected chi connectivity index (χ3v) is 3.52. The molecule has 0 aromatic carbocycles. The predicted octanol–water partition coefficient (Wildman–Crippen LogP) is 3.88. The maximum absolute atomic E-state index is 8.82. The molecule has 0 radical (unpaired) electrons. The number of nitrogens with zero attached hydrogens (tertiary/aromatic N) is 2. The molecule has 0 saturated heterocycles. The van der Waals surface area contributed by atoms with Crippen LogP contribution in [0.1, 0.15) is 24.4 Å². The number of aromatic nitrogens is 1. The molecule has 2 nitrogen and oxygen atoms in total. The van der Waals surface area contributed by atoms with Crippen molar-refractivity contribution in [1.29, 1.82) is 5.26 Å². The second kappa shape index (κ2) is 5.11. The van der Waals surface area contributed by atoms with Gasteiger partial charge in [-0.2, -0.15) is 5.26 Å². The van der Waals surface area contributed by atoms with Crippen molar-refractivity contribution in [1.82, 2.24) is 4.98 Å². The molecule has 0 bridgehead atoms. The van der Waals surface area contributed by atoms with Crippen molar-refractivity contribution in [3.8, 4) is 16.6 Å². The first-order valence-corrected chi connectivity index (χ1v) is 6.47. The normalized spacial score (nSPS) is 10.5. The Hall–Kier alpha value is -1.66. The first kappa shape index (κ1) is 11.8. The van der Waals surface area contributed by atoms with Crippen molar-refractivity contribution in [2.24, 2.45) is 5.92 Å². The van der Waals surface area contributed by atoms with Crippen molar-refractivity contribution in [3.63, 3.8) is 0 Å². The van der Waals surface area contributed by atoms with Crippen molar-refractivity contribution >= 4 is 11.3 Å². The number of hydrogen-bond acceptors (Lipinski definition) is 3. The van der Waals surface area contributed by atoms with Gasteiger partial charge in [0.25, 0.3) is 0 Å². The van der Waals surface area contributed by atoms with Gasteiger partial charge >= 0.3 is 0 Å². The van der Waals surface area contributed by atoms with E-state index in [1.165, 1.54) is 4.88 Å². The molecule has 2 aromatic heterocycles. The molecule has 0 aliphatic heterocycles. The molecule has 0 spiro atoms. The first-order valence-electron chi connectivity index (χ1n) is 5.65. The lowest BCUT2D eigenvalue weighted by atomic mass is 10.1. The SMILES string of the molecule is CC(C)Cc1ccc(-c2cccc(C#N)n2)s1. The van der Waals surface area contributed by atoms with Gasteiger partial charge in [-0.15, -0.1) is 11.3 Å². The Morgan fingerprint density at radius 1 is 1.29 bits per heavy atom. The molecule has 0 N–H and O–H groups in total. The Kier molecular flexibility index (Phi) is 3.55. The summed E-state index contributed by atoms with van der Waals surface area (Å²) in [5.74, 6) is 0.667. The maximum atomic E-state index is 8.82. The van der Waals surface area contributed by atoms with Crippen LogP contribution < -0.4 is 0 Å². The molecule has 0 aliphatic rings. The van der Waals surface area contributed by atoms with E-state index in [9.17, 15) is 0 Å². The highest BCUT2D eigenvalue weighted by Crippen LogP contribution is 2.28. The average Bonchev–Trinajstić information content (AvgIpc) is 2.77. The summed E-state index contributed by atoms with van der Waals surface area (Å²) in [7, 11) is 0. The van der Waals surface area contributed by atoms with Crippen LogP contribution in [-0.2, 0) is 6.42 Å². The van der Waals surface area contributed by atoms with Crippen molar-refractivity contribution in [2.75, 3.05) is 0 Å². The standard InChI is InChI=1S/C14H14N2S/c1-10(2)8-12-6-7-14(17-12)13-5-3-4-11(9-15)16-13/h3-7,10H,8H2,1-2H3. The lowest BCUT2D eigenvalue weighted by Crippen LogP contribution is -1.89. The molecular formula is C14H14N2S. The van der Waals surface area contributed by atoms with Crippen LogP contribution in [-0.4, -0.2) is 4.98 Å². The van der Waals surface area contributed by atoms with Gasteiger partial charge in [0.05, 0.1) is 10.6 Å². The van der Waals surface area contributed by atoms with Crippen molar-refractivity contribution in [2.45, 2.75) is 20.3 Å². The third kappa shape index (κ3) is 2.92. The number of nitriles is 1. The third-order valence-electron chi connectivity index (χ3n) is 2.39. The van der Waals surface area contributed by atoms with E-state index < -0.39 is 0 Å². The molecule has 2 aromatic rings. The fraction of sp³-hybridized carbons (Fsp3) is 0.286. The van der Waals surface area contributed by atoms with Crippen molar-refractivity contribution < 1.29 is 0 Å². The Morgan fingerprint density at radius 3 is 2.82 bits per heavy atom. The van der Waals surface area contributed by atoms with Gasteiger partial charge in [0.1, 0.15) is 11.8 Å². The van der Waals surface area contributed by atoms with Crippen LogP contribution in [0.5, 0.6) is 0 Å². The molecule has 2 rings (SSSR count). The van der Waals surface area contributed by atoms with Gasteiger partial charge in [-0.25, -0.2) is 4.98 Å². The van der Waals surface area contributed by atoms with Crippen LogP contribution in [0.3, 0.4) is 0 Å². The molecule has 0 aliphatic carbocycles. The van der Waals surface area contributed by atoms with Crippen LogP contribution in [0.4, 0.5) is 0 Å². The highest BCUT2D eigenvalue weighted by molar-refractivity contribution is 7.15. The quantitative estimate of drug-likeness (QED) is 0.819. The topological polar surface area (TPSA) is 36.7 Å². The zero-order valence-corrected chi connectivity index (χ0v) is 10.8. The Balaban J connectivity index is 2.27. The first-order chi connectivity index (χ1) is 8.19. The number of hydrogen-bond donors (Lipinski definition) is 0. The molecular weight excluding hydrogens is 228 g/mol. The van der Waals surface area contributed by atoms with Crippen LogP contribution in [0, 0.1) is 17.2 Å². The molecule has 17 heavy (non-hydrogen) atoms. The molecule has 0 fully saturated rings. The summed E-state index contributed by atoms with van der Waals surface area (Å²) in [5.41, 5.74) is 1.37. The van der Waals surface area contributed by atoms with Gasteiger partial charge in [-0.3, -0.25) is 0 Å². The Labute approximate surface area is 106 Å². The van der Waals surface area contributed by atoms with Gasteiger partial charge in [0, 0.05) is 4.88 Å². The molecule has 0 saturated carbocycles. The molecule has 3 heteroatoms. The molecule has 0 amide bonds. The fourth-order valence-electron chi connectivity index (χ4n) is 1.66. The van der Waals surface area contributed by atoms with Gasteiger partial charge in [0.2, 0.25) is 0 Å². The predicted molar refractivity (Wildman–Crippen MR) is 70.8 cm³/mol. The lowest BCUT2D eigenvalue weighted by molar-refractivity contribution is 0.654. The summed E-state index contributed by atoms with van der Waals surface area (Å²) >= 11 is 1.76. The fourth-order valence-corrected chi connectivity index (χ4v) is 2.85. The zero-order valence-electron chi connectivity index (χ0n) is 9.97. The van der Waals surface area contributed by atoms with Gasteiger partial charge in [-0.1, -0.05) is 19.9 Å². The minimum atomic E-state index is 0.473. The molecule has 86 valence electrons. The maximum Gasteiger partial charge on any atom is 0.141 e. The Bertz CT molecular complexity index is 549. The Morgan fingerprint density at radius 2 is 2.12 bits per heavy atom. The smallest absolute Gasteiger partial charge is 0.141 e. The van der Waals surface area contributed by atoms with E-state index in [1.54, 1.807) is 17.4 Å². The molecule has 0 unspecified atom stereocenters. The highest BCUT2D eigenvalue weighted by atomic mass is 32.1. The van der Waals surface area contributed by atoms with E-state index in [-0.39, 0.29) is 0 Å². The summed E-state index contributed by atoms with van der Waals surface area (Å²) in [4.78, 5) is 6.81. The average molecular weight is 242 g/mol. The van der Waals surface area contributed by atoms with Crippen LogP contribution in [0.15, 0.2) is 30.3 Å². The van der Waals surface area contributed by atoms with E-state index in [0.717, 1.165) is 17.0 Å². The van der Waals surface area contributed by atoms with E-state index >= 15 is 0 Å². The second-order valence-electron chi connectivity index (χ2n) is 4.38. The second-order valence-corrected chi connectivity index (χ2v) is 5.55. The number of thiophene rings is 1. The number of rotatable bonds is 3. The summed E-state index contributed by atoms with van der Waals surface area (Å²) < 4.78 is 0. The van der Waals surface area contributed by atoms with Crippen LogP contribution in [0.25, 0.3) is 10.6 Å². The summed E-state index contributed by atoms with van der Waals surface area (Å²) in [6, 6.07) is 11.9. The largest absolute Gasteiger partial charge is 0.236 e. The zero-order chi connectivity index (χ0) is 12.3. The highest BCUT2D eigenvalue weighted by Gasteiger charge is 2.06. The van der Waals surface area contributed by atoms with Crippen LogP contribution >= 0.6 is 11.3 Å². The summed E-state index contributed by atoms with van der Waals surface area (Å²) in [6.45, 7) is 4.43. The van der Waals surface area contributed by atoms with E-state index in [1.807, 2.05) is 12.1 Å².